The summed E-state index contributed by atoms with van der Waals surface area (Å²) in [6.45, 7) is 0. The van der Waals surface area contributed by atoms with E-state index in [1.165, 1.54) is 13.3 Å². The minimum Gasteiger partial charge on any atom is -0.481 e. The number of aromatic amines is 1. The van der Waals surface area contributed by atoms with Crippen molar-refractivity contribution in [3.63, 3.8) is 0 Å². The number of H-pyrrole nitrogens is 1. The van der Waals surface area contributed by atoms with Gasteiger partial charge in [0.25, 0.3) is 0 Å². The molecule has 1 aromatic carbocycles. The number of carbonyl (C=O) groups excluding carboxylic acids is 1. The summed E-state index contributed by atoms with van der Waals surface area (Å²) in [6.07, 6.45) is 3.52. The third kappa shape index (κ3) is 3.57. The van der Waals surface area contributed by atoms with Crippen LogP contribution in [0.1, 0.15) is 5.56 Å². The van der Waals surface area contributed by atoms with Gasteiger partial charge in [-0.15, -0.1) is 0 Å². The monoisotopic (exact) mass is 354 g/mol. The first-order valence-corrected chi connectivity index (χ1v) is 7.95. The standard InChI is InChI=1S/C18H15ClN4O2/c1-25-16-6-5-13(10-22-16)23-18(24)11(8-20)7-12-9-21-15-4-2-3-14(19)17(12)15/h2-6,9-11,21H,7H2,1H3,(H,23,24). The lowest BCUT2D eigenvalue weighted by Crippen LogP contribution is -2.23. The highest BCUT2D eigenvalue weighted by atomic mass is 35.5. The number of nitriles is 1. The Morgan fingerprint density at radius 2 is 2.28 bits per heavy atom. The van der Waals surface area contributed by atoms with Crippen molar-refractivity contribution in [3.8, 4) is 11.9 Å². The van der Waals surface area contributed by atoms with Crippen molar-refractivity contribution in [3.05, 3.63) is 53.3 Å². The molecule has 0 aliphatic carbocycles. The molecule has 1 atom stereocenters. The van der Waals surface area contributed by atoms with Crippen LogP contribution in [-0.2, 0) is 11.2 Å². The highest BCUT2D eigenvalue weighted by Gasteiger charge is 2.21. The van der Waals surface area contributed by atoms with Crippen molar-refractivity contribution in [1.82, 2.24) is 9.97 Å². The number of ether oxygens (including phenoxy) is 1. The zero-order chi connectivity index (χ0) is 17.8. The number of amides is 1. The van der Waals surface area contributed by atoms with Gasteiger partial charge in [-0.25, -0.2) is 4.98 Å². The fourth-order valence-electron chi connectivity index (χ4n) is 2.59. The second-order valence-electron chi connectivity index (χ2n) is 5.44. The van der Waals surface area contributed by atoms with Gasteiger partial charge in [-0.05, 0) is 30.2 Å². The molecule has 25 heavy (non-hydrogen) atoms. The van der Waals surface area contributed by atoms with Gasteiger partial charge >= 0.3 is 0 Å². The Morgan fingerprint density at radius 3 is 2.96 bits per heavy atom. The fraction of sp³-hybridized carbons (Fsp3) is 0.167. The van der Waals surface area contributed by atoms with E-state index >= 15 is 0 Å². The van der Waals surface area contributed by atoms with Gasteiger partial charge in [0.2, 0.25) is 11.8 Å². The second-order valence-corrected chi connectivity index (χ2v) is 5.85. The van der Waals surface area contributed by atoms with Gasteiger partial charge in [-0.2, -0.15) is 5.26 Å². The number of rotatable bonds is 5. The minimum atomic E-state index is -0.850. The van der Waals surface area contributed by atoms with Crippen LogP contribution in [0.3, 0.4) is 0 Å². The molecule has 0 fully saturated rings. The van der Waals surface area contributed by atoms with E-state index < -0.39 is 11.8 Å². The molecule has 0 radical (unpaired) electrons. The third-order valence-electron chi connectivity index (χ3n) is 3.85. The normalized spacial score (nSPS) is 11.7. The predicted molar refractivity (Wildman–Crippen MR) is 95.5 cm³/mol. The summed E-state index contributed by atoms with van der Waals surface area (Å²) in [5.74, 6) is -0.795. The summed E-state index contributed by atoms with van der Waals surface area (Å²) in [4.78, 5) is 19.5. The zero-order valence-corrected chi connectivity index (χ0v) is 14.2. The molecule has 2 aromatic heterocycles. The number of methoxy groups -OCH3 is 1. The summed E-state index contributed by atoms with van der Waals surface area (Å²) in [5.41, 5.74) is 2.21. The smallest absolute Gasteiger partial charge is 0.242 e. The molecule has 3 rings (SSSR count). The average molecular weight is 355 g/mol. The number of fused-ring (bicyclic) bond motifs is 1. The van der Waals surface area contributed by atoms with E-state index in [1.807, 2.05) is 12.1 Å². The van der Waals surface area contributed by atoms with Crippen molar-refractivity contribution < 1.29 is 9.53 Å². The van der Waals surface area contributed by atoms with E-state index in [0.717, 1.165) is 16.5 Å². The Labute approximate surface area is 149 Å². The van der Waals surface area contributed by atoms with Crippen LogP contribution in [-0.4, -0.2) is 23.0 Å². The summed E-state index contributed by atoms with van der Waals surface area (Å²) < 4.78 is 4.97. The van der Waals surface area contributed by atoms with Gasteiger partial charge in [0.1, 0.15) is 5.92 Å². The Hall–Kier alpha value is -3.04. The first kappa shape index (κ1) is 16.8. The largest absolute Gasteiger partial charge is 0.481 e. The Bertz CT molecular complexity index is 944. The van der Waals surface area contributed by atoms with Crippen molar-refractivity contribution in [2.45, 2.75) is 6.42 Å². The van der Waals surface area contributed by atoms with Crippen LogP contribution in [0.4, 0.5) is 5.69 Å². The molecule has 0 saturated carbocycles. The number of nitrogens with one attached hydrogen (secondary N) is 2. The number of halogens is 1. The second kappa shape index (κ2) is 7.24. The van der Waals surface area contributed by atoms with E-state index in [9.17, 15) is 10.1 Å². The van der Waals surface area contributed by atoms with E-state index in [-0.39, 0.29) is 6.42 Å². The van der Waals surface area contributed by atoms with Gasteiger partial charge in [-0.1, -0.05) is 17.7 Å². The van der Waals surface area contributed by atoms with Crippen molar-refractivity contribution in [2.24, 2.45) is 5.92 Å². The maximum absolute atomic E-state index is 12.4. The topological polar surface area (TPSA) is 90.8 Å². The minimum absolute atomic E-state index is 0.260. The van der Waals surface area contributed by atoms with Gasteiger partial charge < -0.3 is 15.0 Å². The lowest BCUT2D eigenvalue weighted by atomic mass is 9.99. The highest BCUT2D eigenvalue weighted by Crippen LogP contribution is 2.28. The van der Waals surface area contributed by atoms with Gasteiger partial charge in [0, 0.05) is 23.2 Å². The molecule has 0 spiro atoms. The van der Waals surface area contributed by atoms with E-state index in [2.05, 4.69) is 21.4 Å². The molecule has 0 aliphatic heterocycles. The molecule has 0 saturated heterocycles. The molecule has 0 bridgehead atoms. The first-order valence-electron chi connectivity index (χ1n) is 7.57. The maximum Gasteiger partial charge on any atom is 0.242 e. The maximum atomic E-state index is 12.4. The molecular formula is C18H15ClN4O2. The lowest BCUT2D eigenvalue weighted by molar-refractivity contribution is -0.118. The van der Waals surface area contributed by atoms with Crippen LogP contribution < -0.4 is 10.1 Å². The number of hydrogen-bond donors (Lipinski definition) is 2. The Kier molecular flexibility index (Phi) is 4.87. The van der Waals surface area contributed by atoms with Crippen LogP contribution in [0, 0.1) is 17.2 Å². The quantitative estimate of drug-likeness (QED) is 0.733. The highest BCUT2D eigenvalue weighted by molar-refractivity contribution is 6.35. The number of benzene rings is 1. The Morgan fingerprint density at radius 1 is 1.44 bits per heavy atom. The summed E-state index contributed by atoms with van der Waals surface area (Å²) in [7, 11) is 1.51. The van der Waals surface area contributed by atoms with Crippen LogP contribution in [0.15, 0.2) is 42.7 Å². The number of carbonyl (C=O) groups is 1. The zero-order valence-electron chi connectivity index (χ0n) is 13.4. The van der Waals surface area contributed by atoms with E-state index in [0.29, 0.717) is 16.6 Å². The molecule has 2 heterocycles. The number of hydrogen-bond acceptors (Lipinski definition) is 4. The van der Waals surface area contributed by atoms with Gasteiger partial charge in [-0.3, -0.25) is 4.79 Å². The summed E-state index contributed by atoms with van der Waals surface area (Å²) in [5, 5.41) is 13.5. The first-order chi connectivity index (χ1) is 12.1. The molecule has 0 aliphatic rings. The SMILES string of the molecule is COc1ccc(NC(=O)C(C#N)Cc2c[nH]c3cccc(Cl)c23)cn1. The van der Waals surface area contributed by atoms with Gasteiger partial charge in [0.05, 0.1) is 30.1 Å². The van der Waals surface area contributed by atoms with Crippen LogP contribution in [0.25, 0.3) is 10.9 Å². The molecule has 1 unspecified atom stereocenters. The molecule has 2 N–H and O–H groups in total. The molecule has 3 aromatic rings. The molecule has 126 valence electrons. The number of aromatic nitrogens is 2. The Balaban J connectivity index is 1.77. The van der Waals surface area contributed by atoms with Gasteiger partial charge in [0.15, 0.2) is 0 Å². The van der Waals surface area contributed by atoms with Crippen molar-refractivity contribution in [2.75, 3.05) is 12.4 Å². The average Bonchev–Trinajstić information content (AvgIpc) is 3.04. The van der Waals surface area contributed by atoms with Crippen molar-refractivity contribution >= 4 is 34.1 Å². The molecular weight excluding hydrogens is 340 g/mol. The third-order valence-corrected chi connectivity index (χ3v) is 4.16. The molecule has 6 nitrogen and oxygen atoms in total. The van der Waals surface area contributed by atoms with E-state index in [1.54, 1.807) is 24.4 Å². The molecule has 7 heteroatoms. The predicted octanol–water partition coefficient (Wildman–Crippen LogP) is 3.55. The summed E-state index contributed by atoms with van der Waals surface area (Å²) in [6, 6.07) is 10.9. The van der Waals surface area contributed by atoms with Crippen LogP contribution in [0.5, 0.6) is 5.88 Å². The number of pyridine rings is 1. The van der Waals surface area contributed by atoms with Crippen LogP contribution >= 0.6 is 11.6 Å². The van der Waals surface area contributed by atoms with Crippen LogP contribution in [0.2, 0.25) is 5.02 Å². The van der Waals surface area contributed by atoms with E-state index in [4.69, 9.17) is 16.3 Å². The fourth-order valence-corrected chi connectivity index (χ4v) is 2.89. The summed E-state index contributed by atoms with van der Waals surface area (Å²) >= 11 is 6.24. The number of nitrogens with zero attached hydrogens (tertiary/aromatic N) is 2. The lowest BCUT2D eigenvalue weighted by Gasteiger charge is -2.10. The molecule has 1 amide bonds. The van der Waals surface area contributed by atoms with Crippen molar-refractivity contribution in [1.29, 1.82) is 5.26 Å². The number of anilines is 1.